The molecule has 3 N–H and O–H groups in total. The van der Waals surface area contributed by atoms with E-state index in [-0.39, 0.29) is 11.8 Å². The van der Waals surface area contributed by atoms with E-state index >= 15 is 0 Å². The van der Waals surface area contributed by atoms with Crippen molar-refractivity contribution in [1.82, 2.24) is 10.3 Å². The Labute approximate surface area is 107 Å². The van der Waals surface area contributed by atoms with Gasteiger partial charge in [0, 0.05) is 18.3 Å². The van der Waals surface area contributed by atoms with Gasteiger partial charge >= 0.3 is 0 Å². The summed E-state index contributed by atoms with van der Waals surface area (Å²) in [6, 6.07) is -0.405. The predicted molar refractivity (Wildman–Crippen MR) is 71.0 cm³/mol. The van der Waals surface area contributed by atoms with Gasteiger partial charge in [-0.3, -0.25) is 4.79 Å². The third kappa shape index (κ3) is 4.44. The predicted octanol–water partition coefficient (Wildman–Crippen LogP) is 1.48. The molecule has 0 aromatic carbocycles. The van der Waals surface area contributed by atoms with Gasteiger partial charge in [0.25, 0.3) is 0 Å². The summed E-state index contributed by atoms with van der Waals surface area (Å²) >= 11 is 1.63. The largest absolute Gasteiger partial charge is 0.354 e. The van der Waals surface area contributed by atoms with E-state index in [1.165, 1.54) is 0 Å². The molecule has 17 heavy (non-hydrogen) atoms. The van der Waals surface area contributed by atoms with Crippen molar-refractivity contribution in [2.75, 3.05) is 6.54 Å². The van der Waals surface area contributed by atoms with Crippen LogP contribution in [0.2, 0.25) is 0 Å². The zero-order valence-electron chi connectivity index (χ0n) is 10.7. The number of aryl methyl sites for hydroxylation is 1. The molecule has 96 valence electrons. The van der Waals surface area contributed by atoms with Gasteiger partial charge < -0.3 is 11.1 Å². The van der Waals surface area contributed by atoms with Gasteiger partial charge in [0.2, 0.25) is 5.91 Å². The Bertz CT molecular complexity index is 364. The van der Waals surface area contributed by atoms with Crippen LogP contribution >= 0.6 is 11.3 Å². The van der Waals surface area contributed by atoms with E-state index in [0.717, 1.165) is 23.5 Å². The number of nitrogens with two attached hydrogens (primary N) is 1. The van der Waals surface area contributed by atoms with E-state index in [0.29, 0.717) is 6.54 Å². The number of carbonyl (C=O) groups excluding carboxylic acids is 1. The molecule has 0 fully saturated rings. The molecular formula is C12H21N3OS. The summed E-state index contributed by atoms with van der Waals surface area (Å²) < 4.78 is 0. The van der Waals surface area contributed by atoms with Gasteiger partial charge in [0.05, 0.1) is 16.7 Å². The van der Waals surface area contributed by atoms with E-state index in [9.17, 15) is 4.79 Å². The number of hydrogen-bond donors (Lipinski definition) is 2. The zero-order valence-corrected chi connectivity index (χ0v) is 11.5. The molecule has 0 saturated carbocycles. The minimum atomic E-state index is -0.405. The number of nitrogens with one attached hydrogen (secondary N) is 1. The maximum Gasteiger partial charge on any atom is 0.237 e. The van der Waals surface area contributed by atoms with E-state index < -0.39 is 6.04 Å². The van der Waals surface area contributed by atoms with Crippen LogP contribution in [0.4, 0.5) is 0 Å². The lowest BCUT2D eigenvalue weighted by molar-refractivity contribution is -0.123. The Morgan fingerprint density at radius 1 is 1.65 bits per heavy atom. The molecule has 0 spiro atoms. The molecule has 1 heterocycles. The number of nitrogens with zero attached hydrogens (tertiary/aromatic N) is 1. The molecule has 1 aromatic rings. The van der Waals surface area contributed by atoms with Gasteiger partial charge in [-0.2, -0.15) is 0 Å². The van der Waals surface area contributed by atoms with Gasteiger partial charge in [-0.25, -0.2) is 4.98 Å². The lowest BCUT2D eigenvalue weighted by Gasteiger charge is -2.17. The highest BCUT2D eigenvalue weighted by Gasteiger charge is 2.18. The Morgan fingerprint density at radius 2 is 2.35 bits per heavy atom. The highest BCUT2D eigenvalue weighted by Crippen LogP contribution is 2.08. The fraction of sp³-hybridized carbons (Fsp3) is 0.667. The summed E-state index contributed by atoms with van der Waals surface area (Å²) in [5.74, 6) is 0.155. The van der Waals surface area contributed by atoms with Gasteiger partial charge in [-0.1, -0.05) is 20.3 Å². The van der Waals surface area contributed by atoms with Crippen LogP contribution in [0, 0.1) is 12.8 Å². The first kappa shape index (κ1) is 14.1. The number of hydrogen-bond acceptors (Lipinski definition) is 4. The summed E-state index contributed by atoms with van der Waals surface area (Å²) in [6.07, 6.45) is 1.68. The average Bonchev–Trinajstić information content (AvgIpc) is 2.72. The first-order chi connectivity index (χ1) is 8.04. The molecule has 1 rings (SSSR count). The van der Waals surface area contributed by atoms with Crippen molar-refractivity contribution >= 4 is 17.2 Å². The smallest absolute Gasteiger partial charge is 0.237 e. The molecule has 0 saturated heterocycles. The lowest BCUT2D eigenvalue weighted by atomic mass is 9.99. The highest BCUT2D eigenvalue weighted by molar-refractivity contribution is 7.09. The third-order valence-electron chi connectivity index (χ3n) is 2.91. The Morgan fingerprint density at radius 3 is 2.88 bits per heavy atom. The monoisotopic (exact) mass is 255 g/mol. The lowest BCUT2D eigenvalue weighted by Crippen LogP contribution is -2.45. The zero-order chi connectivity index (χ0) is 12.8. The Kier molecular flexibility index (Phi) is 5.58. The van der Waals surface area contributed by atoms with Gasteiger partial charge in [0.1, 0.15) is 0 Å². The maximum atomic E-state index is 11.7. The number of amides is 1. The quantitative estimate of drug-likeness (QED) is 0.809. The molecule has 0 bridgehead atoms. The van der Waals surface area contributed by atoms with Crippen LogP contribution in [0.1, 0.15) is 31.0 Å². The Hall–Kier alpha value is -0.940. The van der Waals surface area contributed by atoms with E-state index in [1.54, 1.807) is 11.3 Å². The summed E-state index contributed by atoms with van der Waals surface area (Å²) in [7, 11) is 0. The fourth-order valence-electron chi connectivity index (χ4n) is 1.47. The number of thiazole rings is 1. The molecular weight excluding hydrogens is 234 g/mol. The summed E-state index contributed by atoms with van der Waals surface area (Å²) in [5.41, 5.74) is 6.86. The Balaban J connectivity index is 2.29. The standard InChI is InChI=1S/C12H21N3OS/c1-4-8(2)11(13)12(16)14-6-5-10-7-17-9(3)15-10/h7-8,11H,4-6,13H2,1-3H3,(H,14,16)/t8-,11-/m0/s1. The normalized spacial score (nSPS) is 14.4. The van der Waals surface area contributed by atoms with Crippen LogP contribution in [0.5, 0.6) is 0 Å². The second-order valence-electron chi connectivity index (χ2n) is 4.31. The number of aromatic nitrogens is 1. The first-order valence-corrected chi connectivity index (χ1v) is 6.86. The molecule has 0 radical (unpaired) electrons. The van der Waals surface area contributed by atoms with Crippen molar-refractivity contribution in [3.8, 4) is 0 Å². The van der Waals surface area contributed by atoms with Crippen LogP contribution in [0.3, 0.4) is 0 Å². The third-order valence-corrected chi connectivity index (χ3v) is 3.73. The second kappa shape index (κ2) is 6.71. The molecule has 1 aromatic heterocycles. The van der Waals surface area contributed by atoms with E-state index in [4.69, 9.17) is 5.73 Å². The molecule has 0 unspecified atom stereocenters. The van der Waals surface area contributed by atoms with Gasteiger partial charge in [-0.15, -0.1) is 11.3 Å². The summed E-state index contributed by atoms with van der Waals surface area (Å²) in [5, 5.41) is 5.94. The van der Waals surface area contributed by atoms with Crippen LogP contribution in [-0.4, -0.2) is 23.5 Å². The molecule has 0 aliphatic heterocycles. The highest BCUT2D eigenvalue weighted by atomic mass is 32.1. The minimum Gasteiger partial charge on any atom is -0.354 e. The van der Waals surface area contributed by atoms with Crippen molar-refractivity contribution in [3.05, 3.63) is 16.1 Å². The first-order valence-electron chi connectivity index (χ1n) is 5.98. The molecule has 0 aliphatic rings. The fourth-order valence-corrected chi connectivity index (χ4v) is 2.11. The molecule has 2 atom stereocenters. The average molecular weight is 255 g/mol. The number of carbonyl (C=O) groups is 1. The minimum absolute atomic E-state index is 0.0636. The summed E-state index contributed by atoms with van der Waals surface area (Å²) in [6.45, 7) is 6.61. The van der Waals surface area contributed by atoms with Crippen LogP contribution in [-0.2, 0) is 11.2 Å². The van der Waals surface area contributed by atoms with Crippen LogP contribution in [0.25, 0.3) is 0 Å². The molecule has 5 heteroatoms. The topological polar surface area (TPSA) is 68.0 Å². The maximum absolute atomic E-state index is 11.7. The van der Waals surface area contributed by atoms with E-state index in [2.05, 4.69) is 10.3 Å². The van der Waals surface area contributed by atoms with Crippen molar-refractivity contribution in [2.24, 2.45) is 11.7 Å². The molecule has 0 aliphatic carbocycles. The molecule has 1 amide bonds. The van der Waals surface area contributed by atoms with Gasteiger partial charge in [-0.05, 0) is 12.8 Å². The van der Waals surface area contributed by atoms with Gasteiger partial charge in [0.15, 0.2) is 0 Å². The SMILES string of the molecule is CC[C@H](C)[C@H](N)C(=O)NCCc1csc(C)n1. The van der Waals surface area contributed by atoms with Crippen molar-refractivity contribution in [3.63, 3.8) is 0 Å². The van der Waals surface area contributed by atoms with Crippen molar-refractivity contribution in [1.29, 1.82) is 0 Å². The summed E-state index contributed by atoms with van der Waals surface area (Å²) in [4.78, 5) is 16.0. The van der Waals surface area contributed by atoms with Crippen LogP contribution < -0.4 is 11.1 Å². The number of rotatable bonds is 6. The second-order valence-corrected chi connectivity index (χ2v) is 5.37. The van der Waals surface area contributed by atoms with E-state index in [1.807, 2.05) is 26.2 Å². The van der Waals surface area contributed by atoms with Crippen molar-refractivity contribution in [2.45, 2.75) is 39.7 Å². The van der Waals surface area contributed by atoms with Crippen molar-refractivity contribution < 1.29 is 4.79 Å². The van der Waals surface area contributed by atoms with Crippen LogP contribution in [0.15, 0.2) is 5.38 Å². The molecule has 4 nitrogen and oxygen atoms in total.